The molecule has 0 amide bonds. The first kappa shape index (κ1) is 15.6. The Morgan fingerprint density at radius 2 is 2.00 bits per heavy atom. The van der Waals surface area contributed by atoms with Gasteiger partial charge in [0, 0.05) is 29.4 Å². The highest BCUT2D eigenvalue weighted by molar-refractivity contribution is 5.92. The molecular formula is C21H18N6. The van der Waals surface area contributed by atoms with Crippen LogP contribution in [0.25, 0.3) is 34.3 Å². The van der Waals surface area contributed by atoms with Crippen molar-refractivity contribution in [1.29, 1.82) is 0 Å². The summed E-state index contributed by atoms with van der Waals surface area (Å²) in [5, 5.41) is 12.0. The van der Waals surface area contributed by atoms with Gasteiger partial charge in [-0.25, -0.2) is 9.97 Å². The molecule has 0 saturated heterocycles. The molecular weight excluding hydrogens is 336 g/mol. The molecule has 2 aromatic heterocycles. The number of nitrogens with two attached hydrogens (primary N) is 1. The van der Waals surface area contributed by atoms with Crippen molar-refractivity contribution in [3.05, 3.63) is 65.5 Å². The highest BCUT2D eigenvalue weighted by Gasteiger charge is 2.09. The van der Waals surface area contributed by atoms with E-state index in [1.54, 1.807) is 6.20 Å². The van der Waals surface area contributed by atoms with Gasteiger partial charge in [0.25, 0.3) is 0 Å². The molecule has 2 aromatic carbocycles. The third-order valence-corrected chi connectivity index (χ3v) is 4.84. The van der Waals surface area contributed by atoms with Crippen molar-refractivity contribution >= 4 is 34.7 Å². The van der Waals surface area contributed by atoms with Crippen molar-refractivity contribution in [3.8, 4) is 11.3 Å². The molecule has 1 aliphatic heterocycles. The maximum absolute atomic E-state index is 5.69. The van der Waals surface area contributed by atoms with Crippen molar-refractivity contribution < 1.29 is 0 Å². The largest absolute Gasteiger partial charge is 0.384 e. The van der Waals surface area contributed by atoms with E-state index >= 15 is 0 Å². The second-order valence-electron chi connectivity index (χ2n) is 6.60. The minimum absolute atomic E-state index is 0.268. The van der Waals surface area contributed by atoms with E-state index in [4.69, 9.17) is 5.73 Å². The first-order valence-corrected chi connectivity index (χ1v) is 8.88. The van der Waals surface area contributed by atoms with Gasteiger partial charge >= 0.3 is 0 Å². The Kier molecular flexibility index (Phi) is 3.60. The van der Waals surface area contributed by atoms with Gasteiger partial charge in [0.05, 0.1) is 16.9 Å². The highest BCUT2D eigenvalue weighted by atomic mass is 15.1. The lowest BCUT2D eigenvalue weighted by molar-refractivity contribution is 1.11. The monoisotopic (exact) mass is 354 g/mol. The first-order valence-electron chi connectivity index (χ1n) is 8.88. The van der Waals surface area contributed by atoms with E-state index in [-0.39, 0.29) is 5.95 Å². The molecule has 3 heterocycles. The number of H-pyrrole nitrogens is 1. The van der Waals surface area contributed by atoms with Crippen LogP contribution in [0.1, 0.15) is 16.8 Å². The van der Waals surface area contributed by atoms with Gasteiger partial charge in [-0.15, -0.1) is 0 Å². The van der Waals surface area contributed by atoms with E-state index in [0.29, 0.717) is 0 Å². The molecule has 1 aliphatic rings. The van der Waals surface area contributed by atoms with E-state index in [2.05, 4.69) is 55.8 Å². The fourth-order valence-corrected chi connectivity index (χ4v) is 3.45. The third-order valence-electron chi connectivity index (χ3n) is 4.84. The molecule has 27 heavy (non-hydrogen) atoms. The molecule has 6 nitrogen and oxygen atoms in total. The lowest BCUT2D eigenvalue weighted by Crippen LogP contribution is -1.94. The molecule has 4 N–H and O–H groups in total. The van der Waals surface area contributed by atoms with Crippen LogP contribution in [0.2, 0.25) is 0 Å². The smallest absolute Gasteiger partial charge is 0.220 e. The number of aromatic nitrogens is 4. The summed E-state index contributed by atoms with van der Waals surface area (Å²) in [5.41, 5.74) is 13.1. The van der Waals surface area contributed by atoms with Gasteiger partial charge in [-0.2, -0.15) is 5.10 Å². The fourth-order valence-electron chi connectivity index (χ4n) is 3.45. The normalized spacial score (nSPS) is 13.2. The molecule has 0 unspecified atom stereocenters. The van der Waals surface area contributed by atoms with Crippen LogP contribution in [0.5, 0.6) is 0 Å². The number of aromatic amines is 1. The molecule has 0 saturated carbocycles. The van der Waals surface area contributed by atoms with Gasteiger partial charge in [0.1, 0.15) is 0 Å². The SMILES string of the molecule is Nc1nccc(-c2ccc3c(/C=C/c4ccc5c(c4)NCC5)n[nH]c3c2)n1. The maximum Gasteiger partial charge on any atom is 0.220 e. The minimum atomic E-state index is 0.268. The minimum Gasteiger partial charge on any atom is -0.384 e. The highest BCUT2D eigenvalue weighted by Crippen LogP contribution is 2.26. The van der Waals surface area contributed by atoms with Gasteiger partial charge in [0.2, 0.25) is 5.95 Å². The quantitative estimate of drug-likeness (QED) is 0.521. The van der Waals surface area contributed by atoms with Crippen LogP contribution in [-0.4, -0.2) is 26.7 Å². The molecule has 0 radical (unpaired) electrons. The number of anilines is 2. The van der Waals surface area contributed by atoms with Gasteiger partial charge in [-0.05, 0) is 47.9 Å². The Morgan fingerprint density at radius 1 is 1.04 bits per heavy atom. The third kappa shape index (κ3) is 2.91. The summed E-state index contributed by atoms with van der Waals surface area (Å²) < 4.78 is 0. The molecule has 0 bridgehead atoms. The Balaban J connectivity index is 1.46. The summed E-state index contributed by atoms with van der Waals surface area (Å²) in [5.74, 6) is 0.268. The Bertz CT molecular complexity index is 1170. The van der Waals surface area contributed by atoms with Gasteiger partial charge in [0.15, 0.2) is 0 Å². The standard InChI is InChI=1S/C21H18N6/c22-21-24-10-8-17(25-21)15-4-5-16-18(26-27-20(16)12-15)6-2-13-1-3-14-7-9-23-19(14)11-13/h1-6,8,10-12,23H,7,9H2,(H,26,27)(H2,22,24,25)/b6-2+. The molecule has 4 aromatic rings. The van der Waals surface area contributed by atoms with Crippen LogP contribution >= 0.6 is 0 Å². The van der Waals surface area contributed by atoms with Crippen LogP contribution < -0.4 is 11.1 Å². The van der Waals surface area contributed by atoms with Crippen LogP contribution in [0.4, 0.5) is 11.6 Å². The number of nitrogens with zero attached hydrogens (tertiary/aromatic N) is 3. The van der Waals surface area contributed by atoms with Crippen LogP contribution in [0.15, 0.2) is 48.7 Å². The van der Waals surface area contributed by atoms with Crippen LogP contribution in [-0.2, 0) is 6.42 Å². The first-order chi connectivity index (χ1) is 13.3. The lowest BCUT2D eigenvalue weighted by Gasteiger charge is -2.02. The zero-order valence-corrected chi connectivity index (χ0v) is 14.6. The van der Waals surface area contributed by atoms with Gasteiger partial charge in [-0.1, -0.05) is 24.3 Å². The summed E-state index contributed by atoms with van der Waals surface area (Å²) in [7, 11) is 0. The fraction of sp³-hybridized carbons (Fsp3) is 0.0952. The van der Waals surface area contributed by atoms with Crippen molar-refractivity contribution in [2.24, 2.45) is 0 Å². The predicted octanol–water partition coefficient (Wildman–Crippen LogP) is 3.74. The number of fused-ring (bicyclic) bond motifs is 2. The second-order valence-corrected chi connectivity index (χ2v) is 6.60. The van der Waals surface area contributed by atoms with Crippen molar-refractivity contribution in [2.45, 2.75) is 6.42 Å². The number of nitrogens with one attached hydrogen (secondary N) is 2. The summed E-state index contributed by atoms with van der Waals surface area (Å²) in [6.07, 6.45) is 6.89. The molecule has 0 atom stereocenters. The second kappa shape index (κ2) is 6.25. The van der Waals surface area contributed by atoms with Crippen LogP contribution in [0, 0.1) is 0 Å². The van der Waals surface area contributed by atoms with Crippen molar-refractivity contribution in [2.75, 3.05) is 17.6 Å². The Morgan fingerprint density at radius 3 is 2.93 bits per heavy atom. The van der Waals surface area contributed by atoms with Crippen molar-refractivity contribution in [1.82, 2.24) is 20.2 Å². The number of hydrogen-bond acceptors (Lipinski definition) is 5. The molecule has 132 valence electrons. The van der Waals surface area contributed by atoms with E-state index in [0.717, 1.165) is 46.4 Å². The average Bonchev–Trinajstić information content (AvgIpc) is 3.32. The van der Waals surface area contributed by atoms with E-state index < -0.39 is 0 Å². The average molecular weight is 354 g/mol. The number of nitrogen functional groups attached to an aromatic ring is 1. The molecule has 0 fully saturated rings. The topological polar surface area (TPSA) is 92.5 Å². The van der Waals surface area contributed by atoms with Crippen molar-refractivity contribution in [3.63, 3.8) is 0 Å². The Labute approximate surface area is 156 Å². The number of hydrogen-bond donors (Lipinski definition) is 3. The summed E-state index contributed by atoms with van der Waals surface area (Å²) in [6, 6.07) is 14.5. The summed E-state index contributed by atoms with van der Waals surface area (Å²) in [6.45, 7) is 1.02. The van der Waals surface area contributed by atoms with Crippen LogP contribution in [0.3, 0.4) is 0 Å². The summed E-state index contributed by atoms with van der Waals surface area (Å²) in [4.78, 5) is 8.21. The summed E-state index contributed by atoms with van der Waals surface area (Å²) >= 11 is 0. The predicted molar refractivity (Wildman–Crippen MR) is 109 cm³/mol. The maximum atomic E-state index is 5.69. The number of benzene rings is 2. The zero-order valence-electron chi connectivity index (χ0n) is 14.6. The molecule has 6 heteroatoms. The van der Waals surface area contributed by atoms with E-state index in [9.17, 15) is 0 Å². The number of rotatable bonds is 3. The Hall–Kier alpha value is -3.67. The van der Waals surface area contributed by atoms with E-state index in [1.807, 2.05) is 24.3 Å². The van der Waals surface area contributed by atoms with Gasteiger partial charge < -0.3 is 11.1 Å². The lowest BCUT2D eigenvalue weighted by atomic mass is 10.1. The molecule has 5 rings (SSSR count). The van der Waals surface area contributed by atoms with E-state index in [1.165, 1.54) is 11.3 Å². The zero-order chi connectivity index (χ0) is 18.2. The van der Waals surface area contributed by atoms with Gasteiger partial charge in [-0.3, -0.25) is 5.10 Å². The molecule has 0 aliphatic carbocycles. The molecule has 0 spiro atoms.